The van der Waals surface area contributed by atoms with Crippen LogP contribution < -0.4 is 0 Å². The third-order valence-corrected chi connectivity index (χ3v) is 9.62. The molecule has 0 unspecified atom stereocenters. The van der Waals surface area contributed by atoms with Crippen molar-refractivity contribution in [2.45, 2.75) is 0 Å². The Morgan fingerprint density at radius 1 is 0.400 bits per heavy atom. The number of aromatic nitrogens is 2. The number of nitrogens with zero attached hydrogens (tertiary/aromatic N) is 2. The van der Waals surface area contributed by atoms with Gasteiger partial charge in [-0.15, -0.1) is 22.7 Å². The maximum Gasteiger partial charge on any atom is 0.160 e. The van der Waals surface area contributed by atoms with Crippen LogP contribution in [0.3, 0.4) is 0 Å². The van der Waals surface area contributed by atoms with E-state index in [0.717, 1.165) is 33.2 Å². The van der Waals surface area contributed by atoms with Crippen LogP contribution in [0, 0.1) is 0 Å². The van der Waals surface area contributed by atoms with Crippen LogP contribution in [0.25, 0.3) is 74.6 Å². The SMILES string of the molecule is c1ccc(-c2ccc(-c3nc(-c4ccc5sc6ccccc6c5c4)cc(-c4cc5ccccc5s4)n3)cc2)cc1. The first-order valence-electron chi connectivity index (χ1n) is 13.2. The van der Waals surface area contributed by atoms with Crippen molar-refractivity contribution in [2.75, 3.05) is 0 Å². The van der Waals surface area contributed by atoms with Crippen LogP contribution in [-0.2, 0) is 0 Å². The van der Waals surface area contributed by atoms with Crippen molar-refractivity contribution in [3.63, 3.8) is 0 Å². The van der Waals surface area contributed by atoms with Crippen LogP contribution in [-0.4, -0.2) is 9.97 Å². The van der Waals surface area contributed by atoms with Crippen LogP contribution in [0.1, 0.15) is 0 Å². The van der Waals surface area contributed by atoms with Gasteiger partial charge in [0.05, 0.1) is 16.3 Å². The molecule has 0 atom stereocenters. The molecule has 0 bridgehead atoms. The number of thiophene rings is 2. The molecule has 0 fully saturated rings. The fourth-order valence-electron chi connectivity index (χ4n) is 5.29. The zero-order chi connectivity index (χ0) is 26.5. The number of fused-ring (bicyclic) bond motifs is 4. The lowest BCUT2D eigenvalue weighted by atomic mass is 10.0. The third kappa shape index (κ3) is 4.10. The Balaban J connectivity index is 1.29. The summed E-state index contributed by atoms with van der Waals surface area (Å²) in [5.74, 6) is 0.736. The molecule has 0 N–H and O–H groups in total. The Labute approximate surface area is 239 Å². The van der Waals surface area contributed by atoms with Gasteiger partial charge in [0, 0.05) is 36.0 Å². The van der Waals surface area contributed by atoms with Gasteiger partial charge in [0.1, 0.15) is 0 Å². The molecule has 5 aromatic carbocycles. The first-order chi connectivity index (χ1) is 19.8. The molecule has 0 saturated carbocycles. The second-order valence-electron chi connectivity index (χ2n) is 9.86. The van der Waals surface area contributed by atoms with E-state index in [1.165, 1.54) is 41.4 Å². The maximum atomic E-state index is 5.12. The second-order valence-corrected chi connectivity index (χ2v) is 12.0. The molecule has 0 amide bonds. The van der Waals surface area contributed by atoms with E-state index < -0.39 is 0 Å². The molecule has 3 aromatic heterocycles. The van der Waals surface area contributed by atoms with Gasteiger partial charge in [-0.3, -0.25) is 0 Å². The zero-order valence-electron chi connectivity index (χ0n) is 21.4. The molecule has 0 aliphatic carbocycles. The van der Waals surface area contributed by atoms with Crippen molar-refractivity contribution in [1.82, 2.24) is 9.97 Å². The smallest absolute Gasteiger partial charge is 0.160 e. The first kappa shape index (κ1) is 23.3. The molecular formula is C36H22N2S2. The highest BCUT2D eigenvalue weighted by Crippen LogP contribution is 2.38. The summed E-state index contributed by atoms with van der Waals surface area (Å²) in [7, 11) is 0. The summed E-state index contributed by atoms with van der Waals surface area (Å²) in [5, 5.41) is 3.80. The topological polar surface area (TPSA) is 25.8 Å². The minimum atomic E-state index is 0.736. The normalized spacial score (nSPS) is 11.5. The second kappa shape index (κ2) is 9.53. The lowest BCUT2D eigenvalue weighted by Gasteiger charge is -2.09. The summed E-state index contributed by atoms with van der Waals surface area (Å²) >= 11 is 3.61. The van der Waals surface area contributed by atoms with Crippen molar-refractivity contribution in [3.05, 3.63) is 133 Å². The monoisotopic (exact) mass is 546 g/mol. The zero-order valence-corrected chi connectivity index (χ0v) is 23.0. The number of hydrogen-bond donors (Lipinski definition) is 0. The summed E-state index contributed by atoms with van der Waals surface area (Å²) in [6.45, 7) is 0. The average molecular weight is 547 g/mol. The molecule has 8 rings (SSSR count). The van der Waals surface area contributed by atoms with Gasteiger partial charge in [0.2, 0.25) is 0 Å². The molecule has 8 aromatic rings. The predicted molar refractivity (Wildman–Crippen MR) is 172 cm³/mol. The average Bonchev–Trinajstić information content (AvgIpc) is 3.63. The van der Waals surface area contributed by atoms with Gasteiger partial charge in [0.15, 0.2) is 5.82 Å². The van der Waals surface area contributed by atoms with E-state index in [1.807, 2.05) is 17.4 Å². The summed E-state index contributed by atoms with van der Waals surface area (Å²) < 4.78 is 3.86. The van der Waals surface area contributed by atoms with Gasteiger partial charge in [-0.1, -0.05) is 97.1 Å². The summed E-state index contributed by atoms with van der Waals surface area (Å²) in [6, 6.07) is 47.3. The van der Waals surface area contributed by atoms with Gasteiger partial charge < -0.3 is 0 Å². The number of rotatable bonds is 4. The fourth-order valence-corrected chi connectivity index (χ4v) is 7.40. The lowest BCUT2D eigenvalue weighted by molar-refractivity contribution is 1.19. The van der Waals surface area contributed by atoms with Crippen LogP contribution >= 0.6 is 22.7 Å². The van der Waals surface area contributed by atoms with Gasteiger partial charge in [-0.2, -0.15) is 0 Å². The summed E-state index contributed by atoms with van der Waals surface area (Å²) in [5.41, 5.74) is 6.37. The highest BCUT2D eigenvalue weighted by Gasteiger charge is 2.14. The van der Waals surface area contributed by atoms with Crippen molar-refractivity contribution in [1.29, 1.82) is 0 Å². The Hall–Kier alpha value is -4.64. The van der Waals surface area contributed by atoms with E-state index in [2.05, 4.69) is 127 Å². The number of benzene rings is 5. The van der Waals surface area contributed by atoms with E-state index in [0.29, 0.717) is 0 Å². The van der Waals surface area contributed by atoms with Crippen molar-refractivity contribution >= 4 is 52.9 Å². The third-order valence-electron chi connectivity index (χ3n) is 7.33. The van der Waals surface area contributed by atoms with Crippen molar-refractivity contribution in [2.24, 2.45) is 0 Å². The predicted octanol–water partition coefficient (Wildman–Crippen LogP) is 10.7. The molecule has 0 radical (unpaired) electrons. The molecule has 0 aliphatic rings. The molecular weight excluding hydrogens is 525 g/mol. The highest BCUT2D eigenvalue weighted by atomic mass is 32.1. The van der Waals surface area contributed by atoms with Crippen molar-refractivity contribution in [3.8, 4) is 44.3 Å². The fraction of sp³-hybridized carbons (Fsp3) is 0. The van der Waals surface area contributed by atoms with Gasteiger partial charge in [-0.05, 0) is 52.9 Å². The van der Waals surface area contributed by atoms with Gasteiger partial charge in [-0.25, -0.2) is 9.97 Å². The Morgan fingerprint density at radius 2 is 1.05 bits per heavy atom. The Kier molecular flexibility index (Phi) is 5.54. The molecule has 2 nitrogen and oxygen atoms in total. The van der Waals surface area contributed by atoms with E-state index in [4.69, 9.17) is 9.97 Å². The van der Waals surface area contributed by atoms with Crippen LogP contribution in [0.2, 0.25) is 0 Å². The van der Waals surface area contributed by atoms with E-state index in [1.54, 1.807) is 11.3 Å². The summed E-state index contributed by atoms with van der Waals surface area (Å²) in [4.78, 5) is 11.4. The van der Waals surface area contributed by atoms with E-state index >= 15 is 0 Å². The highest BCUT2D eigenvalue weighted by molar-refractivity contribution is 7.25. The molecule has 4 heteroatoms. The Bertz CT molecular complexity index is 2120. The van der Waals surface area contributed by atoms with Crippen LogP contribution in [0.4, 0.5) is 0 Å². The first-order valence-corrected chi connectivity index (χ1v) is 14.9. The molecule has 3 heterocycles. The molecule has 0 spiro atoms. The quantitative estimate of drug-likeness (QED) is 0.219. The Morgan fingerprint density at radius 3 is 1.90 bits per heavy atom. The minimum Gasteiger partial charge on any atom is -0.228 e. The maximum absolute atomic E-state index is 5.12. The van der Waals surface area contributed by atoms with Crippen molar-refractivity contribution < 1.29 is 0 Å². The van der Waals surface area contributed by atoms with Gasteiger partial charge in [0.25, 0.3) is 0 Å². The minimum absolute atomic E-state index is 0.736. The number of hydrogen-bond acceptors (Lipinski definition) is 4. The molecule has 0 saturated heterocycles. The van der Waals surface area contributed by atoms with Gasteiger partial charge >= 0.3 is 0 Å². The molecule has 188 valence electrons. The molecule has 0 aliphatic heterocycles. The van der Waals surface area contributed by atoms with Crippen LogP contribution in [0.5, 0.6) is 0 Å². The largest absolute Gasteiger partial charge is 0.228 e. The lowest BCUT2D eigenvalue weighted by Crippen LogP contribution is -1.95. The van der Waals surface area contributed by atoms with E-state index in [9.17, 15) is 0 Å². The van der Waals surface area contributed by atoms with E-state index in [-0.39, 0.29) is 0 Å². The standard InChI is InChI=1S/C36H22N2S2/c1-2-8-23(9-3-1)24-14-16-25(17-15-24)36-37-30(22-31(38-36)35-21-27-10-4-6-12-32(27)39-35)26-18-19-34-29(20-26)28-11-5-7-13-33(28)40-34/h1-22H. The molecule has 40 heavy (non-hydrogen) atoms. The van der Waals surface area contributed by atoms with Crippen LogP contribution in [0.15, 0.2) is 133 Å². The summed E-state index contributed by atoms with van der Waals surface area (Å²) in [6.07, 6.45) is 0.